The predicted molar refractivity (Wildman–Crippen MR) is 228 cm³/mol. The molecular weight excluding hydrogens is 659 g/mol. The molecule has 1 aromatic heterocycles. The zero-order valence-corrected chi connectivity index (χ0v) is 30.5. The maximum atomic E-state index is 8.14. The third-order valence-electron chi connectivity index (χ3n) is 11.0. The fourth-order valence-electron chi connectivity index (χ4n) is 8.21. The quantitative estimate of drug-likeness (QED) is 0.167. The summed E-state index contributed by atoms with van der Waals surface area (Å²) in [7, 11) is 0. The lowest BCUT2D eigenvalue weighted by molar-refractivity contribution is 0.660. The van der Waals surface area contributed by atoms with Gasteiger partial charge in [0.1, 0.15) is 0 Å². The number of anilines is 3. The molecule has 0 fully saturated rings. The fraction of sp³-hybridized carbons (Fsp3) is 0.0588. The van der Waals surface area contributed by atoms with Crippen molar-refractivity contribution >= 4 is 48.6 Å². The number of rotatable bonds is 6. The molecule has 0 saturated carbocycles. The number of fused-ring (bicyclic) bond motifs is 6. The summed E-state index contributed by atoms with van der Waals surface area (Å²) in [5.74, 6) is 0. The van der Waals surface area contributed by atoms with Crippen LogP contribution in [-0.4, -0.2) is 0 Å². The maximum absolute atomic E-state index is 8.14. The fourth-order valence-corrected chi connectivity index (χ4v) is 9.28. The zero-order valence-electron chi connectivity index (χ0n) is 30.7. The van der Waals surface area contributed by atoms with Gasteiger partial charge in [0, 0.05) is 42.6 Å². The summed E-state index contributed by atoms with van der Waals surface area (Å²) in [6.07, 6.45) is 0. The molecule has 0 unspecified atom stereocenters. The second kappa shape index (κ2) is 12.5. The molecular formula is C51H37NS. The Bertz CT molecular complexity index is 2830. The van der Waals surface area contributed by atoms with Crippen molar-refractivity contribution in [3.05, 3.63) is 199 Å². The van der Waals surface area contributed by atoms with Crippen molar-refractivity contribution in [1.82, 2.24) is 0 Å². The maximum Gasteiger partial charge on any atom is 0.0623 e. The van der Waals surface area contributed by atoms with E-state index in [1.807, 2.05) is 12.1 Å². The Hall–Kier alpha value is -6.22. The van der Waals surface area contributed by atoms with Crippen LogP contribution in [0.1, 0.15) is 26.3 Å². The predicted octanol–water partition coefficient (Wildman–Crippen LogP) is 14.8. The molecule has 0 bridgehead atoms. The van der Waals surface area contributed by atoms with E-state index in [1.165, 1.54) is 70.4 Å². The average molecular weight is 697 g/mol. The smallest absolute Gasteiger partial charge is 0.0623 e. The van der Waals surface area contributed by atoms with E-state index in [0.717, 1.165) is 22.4 Å². The normalized spacial score (nSPS) is 13.1. The van der Waals surface area contributed by atoms with Crippen LogP contribution >= 0.6 is 11.3 Å². The van der Waals surface area contributed by atoms with Gasteiger partial charge in [0.25, 0.3) is 0 Å². The van der Waals surface area contributed by atoms with Crippen LogP contribution in [0.15, 0.2) is 188 Å². The molecule has 0 amide bonds. The van der Waals surface area contributed by atoms with Crippen molar-refractivity contribution in [2.45, 2.75) is 19.3 Å². The van der Waals surface area contributed by atoms with Crippen LogP contribution in [0.25, 0.3) is 64.7 Å². The number of hydrogen-bond donors (Lipinski definition) is 0. The first kappa shape index (κ1) is 30.4. The molecule has 0 aliphatic heterocycles. The highest BCUT2D eigenvalue weighted by Crippen LogP contribution is 2.50. The van der Waals surface area contributed by atoms with Crippen LogP contribution in [0.5, 0.6) is 0 Å². The van der Waals surface area contributed by atoms with Crippen LogP contribution in [0.3, 0.4) is 0 Å². The van der Waals surface area contributed by atoms with Gasteiger partial charge in [-0.3, -0.25) is 0 Å². The van der Waals surface area contributed by atoms with E-state index in [-0.39, 0.29) is 5.41 Å². The highest BCUT2D eigenvalue weighted by Gasteiger charge is 2.35. The third-order valence-corrected chi connectivity index (χ3v) is 12.2. The zero-order chi connectivity index (χ0) is 36.4. The van der Waals surface area contributed by atoms with Crippen molar-refractivity contribution in [1.29, 1.82) is 0 Å². The molecule has 1 nitrogen and oxygen atoms in total. The second-order valence-corrected chi connectivity index (χ2v) is 15.6. The van der Waals surface area contributed by atoms with Crippen molar-refractivity contribution < 1.29 is 1.37 Å². The van der Waals surface area contributed by atoms with E-state index in [2.05, 4.69) is 189 Å². The van der Waals surface area contributed by atoms with E-state index in [1.54, 1.807) is 11.3 Å². The molecule has 10 rings (SSSR count). The van der Waals surface area contributed by atoms with Gasteiger partial charge in [0.15, 0.2) is 0 Å². The molecule has 1 aliphatic rings. The van der Waals surface area contributed by atoms with Gasteiger partial charge in [-0.1, -0.05) is 147 Å². The summed E-state index contributed by atoms with van der Waals surface area (Å²) >= 11 is 1.79. The standard InChI is InChI=1S/C51H37NS/c1-51(2)47-14-8-6-12-43(47)44-30-29-42(33-48(44)51)52(40-25-20-36(21-26-40)34-10-4-3-5-11-34)41-27-22-37(23-28-41)35-16-18-38(19-17-35)39-24-31-50-46(32-39)45-13-7-9-15-49(45)53-50/h3-33H,1-2H3/i7D. The largest absolute Gasteiger partial charge is 0.310 e. The van der Waals surface area contributed by atoms with E-state index in [0.29, 0.717) is 6.04 Å². The van der Waals surface area contributed by atoms with Gasteiger partial charge in [0.2, 0.25) is 0 Å². The summed E-state index contributed by atoms with van der Waals surface area (Å²) < 4.78 is 10.6. The number of thiophene rings is 1. The Morgan fingerprint density at radius 3 is 1.64 bits per heavy atom. The molecule has 0 atom stereocenters. The van der Waals surface area contributed by atoms with Crippen LogP contribution in [0.2, 0.25) is 0 Å². The second-order valence-electron chi connectivity index (χ2n) is 14.5. The minimum absolute atomic E-state index is 0.0878. The van der Waals surface area contributed by atoms with E-state index < -0.39 is 0 Å². The van der Waals surface area contributed by atoms with Crippen LogP contribution < -0.4 is 4.90 Å². The topological polar surface area (TPSA) is 3.24 Å². The Kier molecular flexibility index (Phi) is 7.16. The molecule has 53 heavy (non-hydrogen) atoms. The van der Waals surface area contributed by atoms with Gasteiger partial charge < -0.3 is 4.90 Å². The minimum atomic E-state index is -0.0878. The molecule has 1 heterocycles. The molecule has 0 spiro atoms. The molecule has 0 N–H and O–H groups in total. The highest BCUT2D eigenvalue weighted by molar-refractivity contribution is 7.25. The van der Waals surface area contributed by atoms with E-state index in [4.69, 9.17) is 1.37 Å². The van der Waals surface area contributed by atoms with Gasteiger partial charge in [0.05, 0.1) is 1.37 Å². The molecule has 2 heteroatoms. The summed E-state index contributed by atoms with van der Waals surface area (Å²) in [6, 6.07) is 66.4. The molecule has 252 valence electrons. The minimum Gasteiger partial charge on any atom is -0.310 e. The molecule has 8 aromatic carbocycles. The highest BCUT2D eigenvalue weighted by atomic mass is 32.1. The lowest BCUT2D eigenvalue weighted by Gasteiger charge is -2.28. The summed E-state index contributed by atoms with van der Waals surface area (Å²) in [6.45, 7) is 4.69. The first-order valence-electron chi connectivity index (χ1n) is 18.7. The number of hydrogen-bond acceptors (Lipinski definition) is 2. The third kappa shape index (κ3) is 5.37. The van der Waals surface area contributed by atoms with Crippen molar-refractivity contribution in [2.75, 3.05) is 4.90 Å². The monoisotopic (exact) mass is 696 g/mol. The van der Waals surface area contributed by atoms with Gasteiger partial charge in [-0.2, -0.15) is 0 Å². The molecule has 0 radical (unpaired) electrons. The van der Waals surface area contributed by atoms with Crippen molar-refractivity contribution in [3.8, 4) is 44.5 Å². The summed E-state index contributed by atoms with van der Waals surface area (Å²) in [5.41, 5.74) is 15.8. The Morgan fingerprint density at radius 1 is 0.415 bits per heavy atom. The summed E-state index contributed by atoms with van der Waals surface area (Å²) in [4.78, 5) is 2.38. The summed E-state index contributed by atoms with van der Waals surface area (Å²) in [5, 5.41) is 2.38. The van der Waals surface area contributed by atoms with Crippen LogP contribution in [-0.2, 0) is 5.41 Å². The first-order valence-corrected chi connectivity index (χ1v) is 19.1. The number of nitrogens with zero attached hydrogens (tertiary/aromatic N) is 1. The average Bonchev–Trinajstić information content (AvgIpc) is 3.69. The lowest BCUT2D eigenvalue weighted by Crippen LogP contribution is -2.16. The SMILES string of the molecule is [2H]c1ccc2sc3ccc(-c4ccc(-c5ccc(N(c6ccc(-c7ccccc7)cc6)c6ccc7c(c6)C(C)(C)c6ccccc6-7)cc5)cc4)cc3c2c1. The van der Waals surface area contributed by atoms with Crippen molar-refractivity contribution in [2.24, 2.45) is 0 Å². The molecule has 1 aliphatic carbocycles. The number of benzene rings is 8. The molecule has 0 saturated heterocycles. The van der Waals surface area contributed by atoms with Gasteiger partial charge in [-0.15, -0.1) is 11.3 Å². The van der Waals surface area contributed by atoms with Gasteiger partial charge in [-0.25, -0.2) is 0 Å². The van der Waals surface area contributed by atoms with Crippen molar-refractivity contribution in [3.63, 3.8) is 0 Å². The first-order chi connectivity index (χ1) is 26.4. The van der Waals surface area contributed by atoms with Gasteiger partial charge >= 0.3 is 0 Å². The Morgan fingerprint density at radius 2 is 0.943 bits per heavy atom. The van der Waals surface area contributed by atoms with Crippen LogP contribution in [0, 0.1) is 0 Å². The van der Waals surface area contributed by atoms with E-state index >= 15 is 0 Å². The molecule has 9 aromatic rings. The Balaban J connectivity index is 0.996. The van der Waals surface area contributed by atoms with Crippen LogP contribution in [0.4, 0.5) is 17.1 Å². The Labute approximate surface area is 316 Å². The van der Waals surface area contributed by atoms with Gasteiger partial charge in [-0.05, 0) is 110 Å². The van der Waals surface area contributed by atoms with E-state index in [9.17, 15) is 0 Å². The lowest BCUT2D eigenvalue weighted by atomic mass is 9.82.